The third kappa shape index (κ3) is 2.79. The number of nitrogens with zero attached hydrogens (tertiary/aromatic N) is 1. The maximum absolute atomic E-state index is 14.0. The highest BCUT2D eigenvalue weighted by molar-refractivity contribution is 6.31. The fraction of sp³-hybridized carbons (Fsp3) is 0.235. The monoisotopic (exact) mass is 318 g/mol. The number of anilines is 2. The lowest BCUT2D eigenvalue weighted by molar-refractivity contribution is -0.118. The topological polar surface area (TPSA) is 32.3 Å². The number of hydrogen-bond acceptors (Lipinski definition) is 2. The molecule has 1 amide bonds. The summed E-state index contributed by atoms with van der Waals surface area (Å²) < 4.78 is 14.0. The van der Waals surface area contributed by atoms with Gasteiger partial charge in [0.2, 0.25) is 5.91 Å². The van der Waals surface area contributed by atoms with E-state index in [-0.39, 0.29) is 18.5 Å². The van der Waals surface area contributed by atoms with Gasteiger partial charge in [-0.05, 0) is 31.2 Å². The Balaban J connectivity index is 2.03. The van der Waals surface area contributed by atoms with Gasteiger partial charge in [-0.2, -0.15) is 0 Å². The van der Waals surface area contributed by atoms with E-state index in [0.29, 0.717) is 17.0 Å². The molecule has 1 aliphatic rings. The Labute approximate surface area is 133 Å². The van der Waals surface area contributed by atoms with Gasteiger partial charge in [-0.1, -0.05) is 29.8 Å². The first-order valence-corrected chi connectivity index (χ1v) is 7.53. The summed E-state index contributed by atoms with van der Waals surface area (Å²) in [6.45, 7) is 2.07. The summed E-state index contributed by atoms with van der Waals surface area (Å²) in [6, 6.07) is 12.1. The molecule has 0 aromatic heterocycles. The number of carbonyl (C=O) groups is 1. The van der Waals surface area contributed by atoms with Crippen LogP contribution in [0, 0.1) is 5.82 Å². The minimum Gasteiger partial charge on any atom is -0.380 e. The molecule has 0 fully saturated rings. The number of para-hydroxylation sites is 2. The number of carbonyl (C=O) groups excluding carboxylic acids is 1. The second kappa shape index (κ2) is 5.97. The zero-order valence-electron chi connectivity index (χ0n) is 12.1. The third-order valence-corrected chi connectivity index (χ3v) is 4.11. The molecule has 2 aromatic carbocycles. The van der Waals surface area contributed by atoms with E-state index in [9.17, 15) is 9.18 Å². The normalized spacial score (nSPS) is 17.7. The lowest BCUT2D eigenvalue weighted by Gasteiger charge is -2.23. The number of hydrogen-bond donors (Lipinski definition) is 1. The van der Waals surface area contributed by atoms with Crippen LogP contribution in [0.4, 0.5) is 15.8 Å². The summed E-state index contributed by atoms with van der Waals surface area (Å²) in [5.41, 5.74) is 1.95. The summed E-state index contributed by atoms with van der Waals surface area (Å²) in [4.78, 5) is 14.1. The van der Waals surface area contributed by atoms with Gasteiger partial charge in [-0.25, -0.2) is 4.39 Å². The van der Waals surface area contributed by atoms with E-state index in [1.54, 1.807) is 17.0 Å². The Morgan fingerprint density at radius 1 is 1.27 bits per heavy atom. The van der Waals surface area contributed by atoms with E-state index >= 15 is 0 Å². The minimum atomic E-state index is -0.400. The van der Waals surface area contributed by atoms with Crippen LogP contribution < -0.4 is 10.2 Å². The van der Waals surface area contributed by atoms with E-state index in [1.807, 2.05) is 31.2 Å². The van der Waals surface area contributed by atoms with Crippen molar-refractivity contribution in [1.82, 2.24) is 0 Å². The average molecular weight is 319 g/mol. The fourth-order valence-corrected chi connectivity index (χ4v) is 2.89. The highest BCUT2D eigenvalue weighted by Crippen LogP contribution is 2.33. The van der Waals surface area contributed by atoms with Crippen molar-refractivity contribution in [2.75, 3.05) is 10.2 Å². The Morgan fingerprint density at radius 2 is 2.05 bits per heavy atom. The quantitative estimate of drug-likeness (QED) is 0.899. The van der Waals surface area contributed by atoms with Gasteiger partial charge < -0.3 is 10.2 Å². The van der Waals surface area contributed by atoms with Crippen molar-refractivity contribution in [3.63, 3.8) is 0 Å². The molecule has 5 heteroatoms. The Kier molecular flexibility index (Phi) is 4.03. The summed E-state index contributed by atoms with van der Waals surface area (Å²) in [6.07, 6.45) is 0.348. The van der Waals surface area contributed by atoms with E-state index in [0.717, 1.165) is 11.4 Å². The Morgan fingerprint density at radius 3 is 2.82 bits per heavy atom. The molecule has 3 rings (SSSR count). The van der Waals surface area contributed by atoms with Crippen molar-refractivity contribution in [2.45, 2.75) is 25.9 Å². The molecule has 2 aromatic rings. The molecule has 1 N–H and O–H groups in total. The number of benzene rings is 2. The van der Waals surface area contributed by atoms with Gasteiger partial charge in [0.15, 0.2) is 0 Å². The van der Waals surface area contributed by atoms with Crippen LogP contribution >= 0.6 is 11.6 Å². The van der Waals surface area contributed by atoms with Crippen molar-refractivity contribution in [3.8, 4) is 0 Å². The molecule has 114 valence electrons. The minimum absolute atomic E-state index is 0.0229. The second-order valence-electron chi connectivity index (χ2n) is 5.45. The van der Waals surface area contributed by atoms with E-state index in [1.165, 1.54) is 6.07 Å². The van der Waals surface area contributed by atoms with Crippen molar-refractivity contribution in [3.05, 3.63) is 58.9 Å². The Bertz CT molecular complexity index is 699. The molecule has 1 heterocycles. The van der Waals surface area contributed by atoms with Gasteiger partial charge in [-0.3, -0.25) is 4.79 Å². The first kappa shape index (κ1) is 14.9. The molecular formula is C17H16ClFN2O. The molecule has 0 saturated heterocycles. The molecular weight excluding hydrogens is 303 g/mol. The molecule has 0 spiro atoms. The smallest absolute Gasteiger partial charge is 0.229 e. The first-order chi connectivity index (χ1) is 10.6. The number of nitrogens with one attached hydrogen (secondary N) is 1. The average Bonchev–Trinajstić information content (AvgIpc) is 2.59. The molecule has 1 aliphatic heterocycles. The van der Waals surface area contributed by atoms with Crippen molar-refractivity contribution >= 4 is 28.9 Å². The first-order valence-electron chi connectivity index (χ1n) is 7.15. The van der Waals surface area contributed by atoms with Crippen LogP contribution in [-0.4, -0.2) is 11.9 Å². The van der Waals surface area contributed by atoms with Gasteiger partial charge in [0, 0.05) is 23.0 Å². The standard InChI is InChI=1S/C17H16ClFN2O/c1-11-9-17(22)21(16-8-3-2-7-15(16)20-11)10-12-13(18)5-4-6-14(12)19/h2-8,11,20H,9-10H2,1H3/t11-/m1/s1. The molecule has 0 bridgehead atoms. The molecule has 3 nitrogen and oxygen atoms in total. The van der Waals surface area contributed by atoms with Gasteiger partial charge >= 0.3 is 0 Å². The lowest BCUT2D eigenvalue weighted by atomic mass is 10.1. The maximum Gasteiger partial charge on any atom is 0.229 e. The fourth-order valence-electron chi connectivity index (χ4n) is 2.67. The molecule has 22 heavy (non-hydrogen) atoms. The predicted molar refractivity (Wildman–Crippen MR) is 86.7 cm³/mol. The van der Waals surface area contributed by atoms with Crippen LogP contribution in [0.3, 0.4) is 0 Å². The summed E-state index contributed by atoms with van der Waals surface area (Å²) in [5.74, 6) is -0.452. The summed E-state index contributed by atoms with van der Waals surface area (Å²) in [5, 5.41) is 3.64. The van der Waals surface area contributed by atoms with Gasteiger partial charge in [0.05, 0.1) is 17.9 Å². The molecule has 0 aliphatic carbocycles. The number of halogens is 2. The van der Waals surface area contributed by atoms with E-state index in [2.05, 4.69) is 5.32 Å². The van der Waals surface area contributed by atoms with Crippen molar-refractivity contribution < 1.29 is 9.18 Å². The lowest BCUT2D eigenvalue weighted by Crippen LogP contribution is -2.31. The summed E-state index contributed by atoms with van der Waals surface area (Å²) in [7, 11) is 0. The molecule has 0 saturated carbocycles. The van der Waals surface area contributed by atoms with Crippen molar-refractivity contribution in [1.29, 1.82) is 0 Å². The Hall–Kier alpha value is -2.07. The van der Waals surface area contributed by atoms with Crippen LogP contribution in [0.2, 0.25) is 5.02 Å². The van der Waals surface area contributed by atoms with Gasteiger partial charge in [0.25, 0.3) is 0 Å². The molecule has 1 atom stereocenters. The van der Waals surface area contributed by atoms with Crippen LogP contribution in [-0.2, 0) is 11.3 Å². The number of fused-ring (bicyclic) bond motifs is 1. The van der Waals surface area contributed by atoms with Gasteiger partial charge in [-0.15, -0.1) is 0 Å². The van der Waals surface area contributed by atoms with Crippen LogP contribution in [0.1, 0.15) is 18.9 Å². The van der Waals surface area contributed by atoms with E-state index < -0.39 is 5.82 Å². The van der Waals surface area contributed by atoms with E-state index in [4.69, 9.17) is 11.6 Å². The zero-order valence-corrected chi connectivity index (χ0v) is 12.9. The SMILES string of the molecule is C[C@@H]1CC(=O)N(Cc2c(F)cccc2Cl)c2ccccc2N1. The summed E-state index contributed by atoms with van der Waals surface area (Å²) >= 11 is 6.10. The number of rotatable bonds is 2. The molecule has 0 radical (unpaired) electrons. The van der Waals surface area contributed by atoms with Crippen molar-refractivity contribution in [2.24, 2.45) is 0 Å². The van der Waals surface area contributed by atoms with Gasteiger partial charge in [0.1, 0.15) is 5.82 Å². The van der Waals surface area contributed by atoms with Crippen LogP contribution in [0.25, 0.3) is 0 Å². The third-order valence-electron chi connectivity index (χ3n) is 3.76. The predicted octanol–water partition coefficient (Wildman–Crippen LogP) is 4.22. The largest absolute Gasteiger partial charge is 0.380 e. The van der Waals surface area contributed by atoms with Crippen LogP contribution in [0.5, 0.6) is 0 Å². The highest BCUT2D eigenvalue weighted by atomic mass is 35.5. The molecule has 0 unspecified atom stereocenters. The maximum atomic E-state index is 14.0. The van der Waals surface area contributed by atoms with Crippen LogP contribution in [0.15, 0.2) is 42.5 Å². The second-order valence-corrected chi connectivity index (χ2v) is 5.85. The highest BCUT2D eigenvalue weighted by Gasteiger charge is 2.26. The zero-order chi connectivity index (χ0) is 15.7. The number of amides is 1.